The summed E-state index contributed by atoms with van der Waals surface area (Å²) in [6.45, 7) is 0.328. The molecule has 0 saturated heterocycles. The van der Waals surface area contributed by atoms with Crippen LogP contribution < -0.4 is 5.32 Å². The minimum atomic E-state index is -0.517. The van der Waals surface area contributed by atoms with Gasteiger partial charge in [-0.1, -0.05) is 60.7 Å². The van der Waals surface area contributed by atoms with Crippen molar-refractivity contribution < 1.29 is 9.72 Å². The maximum absolute atomic E-state index is 12.3. The number of nitrogens with zero attached hydrogens (tertiary/aromatic N) is 2. The van der Waals surface area contributed by atoms with Crippen molar-refractivity contribution in [1.82, 2.24) is 10.3 Å². The van der Waals surface area contributed by atoms with Gasteiger partial charge in [-0.25, -0.2) is 4.98 Å². The molecule has 0 aliphatic heterocycles. The number of aromatic nitrogens is 1. The zero-order valence-corrected chi connectivity index (χ0v) is 16.6. The predicted octanol–water partition coefficient (Wildman–Crippen LogP) is 5.32. The first-order valence-electron chi connectivity index (χ1n) is 9.23. The van der Waals surface area contributed by atoms with Gasteiger partial charge in [-0.2, -0.15) is 0 Å². The quantitative estimate of drug-likeness (QED) is 0.341. The normalized spacial score (nSPS) is 10.5. The molecular formula is C23H17N3O3S. The van der Waals surface area contributed by atoms with Crippen molar-refractivity contribution in [1.29, 1.82) is 0 Å². The van der Waals surface area contributed by atoms with Gasteiger partial charge in [0.1, 0.15) is 5.01 Å². The van der Waals surface area contributed by atoms with Crippen LogP contribution in [0.5, 0.6) is 0 Å². The van der Waals surface area contributed by atoms with E-state index in [0.29, 0.717) is 6.54 Å². The van der Waals surface area contributed by atoms with E-state index in [2.05, 4.69) is 5.32 Å². The Morgan fingerprint density at radius 3 is 2.47 bits per heavy atom. The number of nitrogens with one attached hydrogen (secondary N) is 1. The molecular weight excluding hydrogens is 398 g/mol. The third kappa shape index (κ3) is 4.42. The zero-order valence-electron chi connectivity index (χ0n) is 15.8. The van der Waals surface area contributed by atoms with Gasteiger partial charge in [-0.15, -0.1) is 11.3 Å². The number of nitro groups is 1. The highest BCUT2D eigenvalue weighted by Gasteiger charge is 2.11. The number of amides is 1. The minimum absolute atomic E-state index is 0.106. The zero-order chi connectivity index (χ0) is 20.9. The summed E-state index contributed by atoms with van der Waals surface area (Å²) in [7, 11) is 0. The molecule has 30 heavy (non-hydrogen) atoms. The van der Waals surface area contributed by atoms with Crippen molar-refractivity contribution in [3.63, 3.8) is 0 Å². The standard InChI is InChI=1S/C23H17N3O3S/c27-22(19-7-4-8-20(13-19)26(28)29)24-14-16-9-11-18(12-10-16)23-25-21(15-30-23)17-5-2-1-3-6-17/h1-13,15H,14H2,(H,24,27). The summed E-state index contributed by atoms with van der Waals surface area (Å²) in [6.07, 6.45) is 0. The van der Waals surface area contributed by atoms with Crippen molar-refractivity contribution in [3.8, 4) is 21.8 Å². The van der Waals surface area contributed by atoms with Crippen LogP contribution in [0.25, 0.3) is 21.8 Å². The topological polar surface area (TPSA) is 85.1 Å². The summed E-state index contributed by atoms with van der Waals surface area (Å²) in [5.74, 6) is -0.352. The first-order chi connectivity index (χ1) is 14.6. The summed E-state index contributed by atoms with van der Waals surface area (Å²) in [4.78, 5) is 27.3. The van der Waals surface area contributed by atoms with E-state index in [4.69, 9.17) is 4.98 Å². The van der Waals surface area contributed by atoms with Crippen molar-refractivity contribution in [2.24, 2.45) is 0 Å². The van der Waals surface area contributed by atoms with Gasteiger partial charge in [0, 0.05) is 40.7 Å². The molecule has 0 aliphatic rings. The van der Waals surface area contributed by atoms with Gasteiger partial charge in [-0.05, 0) is 11.6 Å². The van der Waals surface area contributed by atoms with Gasteiger partial charge in [0.05, 0.1) is 10.6 Å². The lowest BCUT2D eigenvalue weighted by molar-refractivity contribution is -0.384. The lowest BCUT2D eigenvalue weighted by Crippen LogP contribution is -2.22. The Morgan fingerprint density at radius 1 is 0.967 bits per heavy atom. The van der Waals surface area contributed by atoms with E-state index in [0.717, 1.165) is 27.4 Å². The summed E-state index contributed by atoms with van der Waals surface area (Å²) in [5, 5.41) is 16.6. The van der Waals surface area contributed by atoms with Crippen molar-refractivity contribution in [2.75, 3.05) is 0 Å². The van der Waals surface area contributed by atoms with Crippen LogP contribution in [-0.4, -0.2) is 15.8 Å². The number of hydrogen-bond donors (Lipinski definition) is 1. The fraction of sp³-hybridized carbons (Fsp3) is 0.0435. The van der Waals surface area contributed by atoms with Gasteiger partial charge < -0.3 is 5.32 Å². The van der Waals surface area contributed by atoms with E-state index in [1.165, 1.54) is 18.2 Å². The SMILES string of the molecule is O=C(NCc1ccc(-c2nc(-c3ccccc3)cs2)cc1)c1cccc([N+](=O)[O-])c1. The van der Waals surface area contributed by atoms with Crippen LogP contribution in [0.1, 0.15) is 15.9 Å². The van der Waals surface area contributed by atoms with Crippen molar-refractivity contribution in [3.05, 3.63) is 105 Å². The number of nitro benzene ring substituents is 1. The Kier molecular flexibility index (Phi) is 5.63. The molecule has 0 unspecified atom stereocenters. The van der Waals surface area contributed by atoms with Gasteiger partial charge in [0.2, 0.25) is 0 Å². The molecule has 0 spiro atoms. The lowest BCUT2D eigenvalue weighted by Gasteiger charge is -2.06. The largest absolute Gasteiger partial charge is 0.348 e. The summed E-state index contributed by atoms with van der Waals surface area (Å²) >= 11 is 1.59. The van der Waals surface area contributed by atoms with Crippen LogP contribution in [0.15, 0.2) is 84.2 Å². The summed E-state index contributed by atoms with van der Waals surface area (Å²) in [6, 6.07) is 23.5. The molecule has 1 heterocycles. The van der Waals surface area contributed by atoms with E-state index >= 15 is 0 Å². The summed E-state index contributed by atoms with van der Waals surface area (Å²) in [5.41, 5.74) is 4.13. The Bertz CT molecular complexity index is 1190. The Balaban J connectivity index is 1.41. The van der Waals surface area contributed by atoms with E-state index in [1.807, 2.05) is 60.0 Å². The highest BCUT2D eigenvalue weighted by atomic mass is 32.1. The fourth-order valence-electron chi connectivity index (χ4n) is 2.96. The smallest absolute Gasteiger partial charge is 0.270 e. The average Bonchev–Trinajstić information content (AvgIpc) is 3.29. The van der Waals surface area contributed by atoms with Gasteiger partial charge in [0.15, 0.2) is 0 Å². The van der Waals surface area contributed by atoms with Gasteiger partial charge in [-0.3, -0.25) is 14.9 Å². The lowest BCUT2D eigenvalue weighted by atomic mass is 10.1. The van der Waals surface area contributed by atoms with E-state index < -0.39 is 4.92 Å². The second kappa shape index (κ2) is 8.67. The fourth-order valence-corrected chi connectivity index (χ4v) is 3.79. The monoisotopic (exact) mass is 415 g/mol. The molecule has 7 heteroatoms. The van der Waals surface area contributed by atoms with Crippen LogP contribution in [0.4, 0.5) is 5.69 Å². The molecule has 0 saturated carbocycles. The molecule has 0 fully saturated rings. The van der Waals surface area contributed by atoms with E-state index in [9.17, 15) is 14.9 Å². The van der Waals surface area contributed by atoms with Crippen LogP contribution in [0.3, 0.4) is 0 Å². The number of benzene rings is 3. The molecule has 3 aromatic carbocycles. The van der Waals surface area contributed by atoms with Gasteiger partial charge in [0.25, 0.3) is 11.6 Å². The third-order valence-corrected chi connectivity index (χ3v) is 5.44. The van der Waals surface area contributed by atoms with Crippen molar-refractivity contribution >= 4 is 22.9 Å². The molecule has 1 N–H and O–H groups in total. The molecule has 1 aromatic heterocycles. The first-order valence-corrected chi connectivity index (χ1v) is 10.1. The molecule has 0 aliphatic carbocycles. The van der Waals surface area contributed by atoms with Crippen LogP contribution in [0.2, 0.25) is 0 Å². The molecule has 0 radical (unpaired) electrons. The number of thiazole rings is 1. The Hall–Kier alpha value is -3.84. The molecule has 1 amide bonds. The highest BCUT2D eigenvalue weighted by Crippen LogP contribution is 2.28. The number of hydrogen-bond acceptors (Lipinski definition) is 5. The average molecular weight is 415 g/mol. The maximum Gasteiger partial charge on any atom is 0.270 e. The van der Waals surface area contributed by atoms with Crippen LogP contribution >= 0.6 is 11.3 Å². The number of carbonyl (C=O) groups is 1. The van der Waals surface area contributed by atoms with Gasteiger partial charge >= 0.3 is 0 Å². The second-order valence-electron chi connectivity index (χ2n) is 6.59. The molecule has 4 rings (SSSR count). The minimum Gasteiger partial charge on any atom is -0.348 e. The number of rotatable bonds is 6. The number of carbonyl (C=O) groups excluding carboxylic acids is 1. The van der Waals surface area contributed by atoms with E-state index in [-0.39, 0.29) is 17.2 Å². The second-order valence-corrected chi connectivity index (χ2v) is 7.45. The van der Waals surface area contributed by atoms with Crippen LogP contribution in [-0.2, 0) is 6.54 Å². The molecule has 0 atom stereocenters. The molecule has 6 nitrogen and oxygen atoms in total. The predicted molar refractivity (Wildman–Crippen MR) is 117 cm³/mol. The highest BCUT2D eigenvalue weighted by molar-refractivity contribution is 7.13. The first kappa shape index (κ1) is 19.5. The number of non-ortho nitro benzene ring substituents is 1. The Labute approximate surface area is 177 Å². The van der Waals surface area contributed by atoms with E-state index in [1.54, 1.807) is 17.4 Å². The molecule has 148 valence electrons. The summed E-state index contributed by atoms with van der Waals surface area (Å²) < 4.78 is 0. The third-order valence-electron chi connectivity index (χ3n) is 4.55. The van der Waals surface area contributed by atoms with Crippen LogP contribution in [0, 0.1) is 10.1 Å². The maximum atomic E-state index is 12.3. The molecule has 4 aromatic rings. The Morgan fingerprint density at radius 2 is 1.73 bits per heavy atom. The molecule has 0 bridgehead atoms. The van der Waals surface area contributed by atoms with Crippen molar-refractivity contribution in [2.45, 2.75) is 6.54 Å².